The number of methoxy groups -OCH3 is 2. The van der Waals surface area contributed by atoms with E-state index in [-0.39, 0.29) is 30.1 Å². The van der Waals surface area contributed by atoms with E-state index >= 15 is 0 Å². The van der Waals surface area contributed by atoms with Gasteiger partial charge in [0, 0.05) is 25.1 Å². The number of rotatable bonds is 6. The molecule has 0 radical (unpaired) electrons. The number of Topliss-reactive ketones (excluding diaryl/α,β-unsaturated/α-hetero) is 1. The maximum absolute atomic E-state index is 13.3. The predicted octanol–water partition coefficient (Wildman–Crippen LogP) is 3.63. The molecule has 2 aromatic carbocycles. The van der Waals surface area contributed by atoms with E-state index in [1.54, 1.807) is 37.4 Å². The van der Waals surface area contributed by atoms with Gasteiger partial charge in [-0.3, -0.25) is 9.59 Å². The van der Waals surface area contributed by atoms with E-state index in [0.717, 1.165) is 24.2 Å². The summed E-state index contributed by atoms with van der Waals surface area (Å²) >= 11 is 0. The van der Waals surface area contributed by atoms with Gasteiger partial charge in [0.2, 0.25) is 0 Å². The standard InChI is InChI=1S/C27H29NO7/c1-15-11-18-12-17(7-8-20(18)35-15)25(29)23-24(16-6-9-21(32-2)22(13-16)33-3)28(27(31)26(23)30)14-19-5-4-10-34-19/h6-9,12-13,15,19,24,29H,4-5,10-11,14H2,1-3H3/t15-,19+,24-/m1/s1. The van der Waals surface area contributed by atoms with E-state index in [1.165, 1.54) is 12.0 Å². The van der Waals surface area contributed by atoms with Crippen molar-refractivity contribution < 1.29 is 33.6 Å². The fraction of sp³-hybridized carbons (Fsp3) is 0.407. The normalized spacial score (nSPS) is 25.0. The molecule has 3 aliphatic rings. The summed E-state index contributed by atoms with van der Waals surface area (Å²) in [6.45, 7) is 2.87. The van der Waals surface area contributed by atoms with E-state index in [2.05, 4.69) is 0 Å². The number of fused-ring (bicyclic) bond motifs is 1. The Kier molecular flexibility index (Phi) is 6.15. The van der Waals surface area contributed by atoms with E-state index in [0.29, 0.717) is 35.7 Å². The summed E-state index contributed by atoms with van der Waals surface area (Å²) in [5.74, 6) is 0.187. The highest BCUT2D eigenvalue weighted by molar-refractivity contribution is 6.46. The molecule has 0 spiro atoms. The number of nitrogens with zero attached hydrogens (tertiary/aromatic N) is 1. The Morgan fingerprint density at radius 1 is 1.11 bits per heavy atom. The highest BCUT2D eigenvalue weighted by Gasteiger charge is 2.47. The van der Waals surface area contributed by atoms with Crippen LogP contribution < -0.4 is 14.2 Å². The molecule has 35 heavy (non-hydrogen) atoms. The molecule has 0 aromatic heterocycles. The summed E-state index contributed by atoms with van der Waals surface area (Å²) in [6, 6.07) is 9.80. The first-order valence-corrected chi connectivity index (χ1v) is 11.8. The lowest BCUT2D eigenvalue weighted by Gasteiger charge is -2.28. The van der Waals surface area contributed by atoms with Gasteiger partial charge in [0.15, 0.2) is 11.5 Å². The van der Waals surface area contributed by atoms with Crippen molar-refractivity contribution in [3.63, 3.8) is 0 Å². The third-order valence-corrected chi connectivity index (χ3v) is 6.86. The van der Waals surface area contributed by atoms with E-state index in [1.807, 2.05) is 13.0 Å². The van der Waals surface area contributed by atoms with Gasteiger partial charge in [-0.15, -0.1) is 0 Å². The monoisotopic (exact) mass is 479 g/mol. The summed E-state index contributed by atoms with van der Waals surface area (Å²) in [4.78, 5) is 28.1. The van der Waals surface area contributed by atoms with Crippen LogP contribution in [0, 0.1) is 0 Å². The fourth-order valence-corrected chi connectivity index (χ4v) is 5.17. The molecule has 2 saturated heterocycles. The van der Waals surface area contributed by atoms with Crippen molar-refractivity contribution in [3.05, 3.63) is 58.7 Å². The lowest BCUT2D eigenvalue weighted by atomic mass is 9.94. The Balaban J connectivity index is 1.62. The molecule has 184 valence electrons. The number of likely N-dealkylation sites (tertiary alicyclic amines) is 1. The van der Waals surface area contributed by atoms with Crippen LogP contribution in [0.2, 0.25) is 0 Å². The van der Waals surface area contributed by atoms with Gasteiger partial charge in [-0.1, -0.05) is 6.07 Å². The maximum Gasteiger partial charge on any atom is 0.295 e. The maximum atomic E-state index is 13.3. The zero-order valence-electron chi connectivity index (χ0n) is 20.1. The number of hydrogen-bond donors (Lipinski definition) is 1. The molecule has 5 rings (SSSR count). The largest absolute Gasteiger partial charge is 0.507 e. The molecule has 1 N–H and O–H groups in total. The zero-order chi connectivity index (χ0) is 24.7. The van der Waals surface area contributed by atoms with Crippen molar-refractivity contribution in [2.45, 2.75) is 44.4 Å². The molecule has 0 aliphatic carbocycles. The SMILES string of the molecule is COc1ccc([C@@H]2C(=C(O)c3ccc4c(c3)C[C@@H](C)O4)C(=O)C(=O)N2C[C@@H]2CCCO2)cc1OC. The first-order chi connectivity index (χ1) is 16.9. The number of benzene rings is 2. The quantitative estimate of drug-likeness (QED) is 0.384. The van der Waals surface area contributed by atoms with E-state index in [9.17, 15) is 14.7 Å². The van der Waals surface area contributed by atoms with Crippen LogP contribution in [0.3, 0.4) is 0 Å². The van der Waals surface area contributed by atoms with Crippen LogP contribution >= 0.6 is 0 Å². The number of carbonyl (C=O) groups excluding carboxylic acids is 2. The predicted molar refractivity (Wildman–Crippen MR) is 128 cm³/mol. The van der Waals surface area contributed by atoms with Crippen LogP contribution in [-0.2, 0) is 20.7 Å². The molecule has 3 atom stereocenters. The first kappa shape index (κ1) is 23.2. The number of ether oxygens (including phenoxy) is 4. The van der Waals surface area contributed by atoms with Crippen LogP contribution in [0.5, 0.6) is 17.2 Å². The van der Waals surface area contributed by atoms with Gasteiger partial charge in [0.1, 0.15) is 17.6 Å². The van der Waals surface area contributed by atoms with Gasteiger partial charge in [0.25, 0.3) is 11.7 Å². The minimum absolute atomic E-state index is 0.0474. The van der Waals surface area contributed by atoms with Crippen LogP contribution in [0.1, 0.15) is 42.5 Å². The minimum atomic E-state index is -0.789. The average Bonchev–Trinajstić information content (AvgIpc) is 3.57. The number of hydrogen-bond acceptors (Lipinski definition) is 7. The number of ketones is 1. The Labute approximate surface area is 204 Å². The minimum Gasteiger partial charge on any atom is -0.507 e. The molecule has 1 amide bonds. The van der Waals surface area contributed by atoms with Crippen molar-refractivity contribution >= 4 is 17.4 Å². The van der Waals surface area contributed by atoms with Crippen LogP contribution in [0.15, 0.2) is 42.0 Å². The lowest BCUT2D eigenvalue weighted by Crippen LogP contribution is -2.36. The highest BCUT2D eigenvalue weighted by atomic mass is 16.5. The Bertz CT molecular complexity index is 1200. The zero-order valence-corrected chi connectivity index (χ0v) is 20.1. The van der Waals surface area contributed by atoms with Crippen LogP contribution in [0.25, 0.3) is 5.76 Å². The van der Waals surface area contributed by atoms with Crippen LogP contribution in [0.4, 0.5) is 0 Å². The molecule has 2 aromatic rings. The molecule has 0 bridgehead atoms. The summed E-state index contributed by atoms with van der Waals surface area (Å²) in [7, 11) is 3.07. The molecular weight excluding hydrogens is 450 g/mol. The molecule has 2 fully saturated rings. The summed E-state index contributed by atoms with van der Waals surface area (Å²) in [5, 5.41) is 11.4. The third-order valence-electron chi connectivity index (χ3n) is 6.86. The van der Waals surface area contributed by atoms with Gasteiger partial charge in [0.05, 0.1) is 31.9 Å². The van der Waals surface area contributed by atoms with Gasteiger partial charge < -0.3 is 29.0 Å². The van der Waals surface area contributed by atoms with Crippen molar-refractivity contribution in [3.8, 4) is 17.2 Å². The molecule has 3 aliphatic heterocycles. The Hall–Kier alpha value is -3.52. The lowest BCUT2D eigenvalue weighted by molar-refractivity contribution is -0.140. The summed E-state index contributed by atoms with van der Waals surface area (Å²) in [6.07, 6.45) is 2.32. The number of aliphatic hydroxyl groups excluding tert-OH is 1. The first-order valence-electron chi connectivity index (χ1n) is 11.8. The molecule has 0 unspecified atom stereocenters. The molecule has 3 heterocycles. The Morgan fingerprint density at radius 3 is 2.63 bits per heavy atom. The van der Waals surface area contributed by atoms with Gasteiger partial charge in [-0.25, -0.2) is 0 Å². The Morgan fingerprint density at radius 2 is 1.91 bits per heavy atom. The smallest absolute Gasteiger partial charge is 0.295 e. The second-order valence-corrected chi connectivity index (χ2v) is 9.16. The number of aliphatic hydroxyl groups is 1. The van der Waals surface area contributed by atoms with Gasteiger partial charge in [-0.2, -0.15) is 0 Å². The highest BCUT2D eigenvalue weighted by Crippen LogP contribution is 2.43. The van der Waals surface area contributed by atoms with Crippen molar-refractivity contribution in [2.24, 2.45) is 0 Å². The van der Waals surface area contributed by atoms with E-state index in [4.69, 9.17) is 18.9 Å². The van der Waals surface area contributed by atoms with E-state index < -0.39 is 17.7 Å². The fourth-order valence-electron chi connectivity index (χ4n) is 5.17. The van der Waals surface area contributed by atoms with Crippen molar-refractivity contribution in [1.29, 1.82) is 0 Å². The second kappa shape index (κ2) is 9.26. The van der Waals surface area contributed by atoms with Gasteiger partial charge in [-0.05, 0) is 61.2 Å². The van der Waals surface area contributed by atoms with Gasteiger partial charge >= 0.3 is 0 Å². The average molecular weight is 480 g/mol. The summed E-state index contributed by atoms with van der Waals surface area (Å²) in [5.41, 5.74) is 2.12. The molecule has 8 heteroatoms. The van der Waals surface area contributed by atoms with Crippen molar-refractivity contribution in [1.82, 2.24) is 4.90 Å². The molecule has 0 saturated carbocycles. The summed E-state index contributed by atoms with van der Waals surface area (Å²) < 4.78 is 22.4. The molecular formula is C27H29NO7. The number of amides is 1. The third kappa shape index (κ3) is 4.12. The number of carbonyl (C=O) groups is 2. The van der Waals surface area contributed by atoms with Crippen molar-refractivity contribution in [2.75, 3.05) is 27.4 Å². The topological polar surface area (TPSA) is 94.5 Å². The second-order valence-electron chi connectivity index (χ2n) is 9.16. The molecule has 8 nitrogen and oxygen atoms in total. The van der Waals surface area contributed by atoms with Crippen LogP contribution in [-0.4, -0.2) is 61.3 Å².